The second kappa shape index (κ2) is 5.79. The molecule has 24 heavy (non-hydrogen) atoms. The molecule has 1 fully saturated rings. The number of benzene rings is 1. The zero-order chi connectivity index (χ0) is 16.7. The normalized spacial score (nSPS) is 18.2. The summed E-state index contributed by atoms with van der Waals surface area (Å²) in [4.78, 5) is 14.9. The first kappa shape index (κ1) is 15.0. The standard InChI is InChI=1S/C18H19N3O3/c1-11-9-19-20-17(11)15-10-23-6-5-21(15)18(22)13-3-4-16-14(8-13)7-12(2)24-16/h3-4,7-9,15H,5-6,10H2,1-2H3,(H,19,20). The molecule has 1 aliphatic rings. The monoisotopic (exact) mass is 325 g/mol. The van der Waals surface area contributed by atoms with Gasteiger partial charge in [0.2, 0.25) is 0 Å². The van der Waals surface area contributed by atoms with Crippen molar-refractivity contribution < 1.29 is 13.9 Å². The van der Waals surface area contributed by atoms with Crippen LogP contribution in [0.5, 0.6) is 0 Å². The summed E-state index contributed by atoms with van der Waals surface area (Å²) in [6.45, 7) is 5.46. The highest BCUT2D eigenvalue weighted by Gasteiger charge is 2.31. The Labute approximate surface area is 139 Å². The number of nitrogens with one attached hydrogen (secondary N) is 1. The number of aryl methyl sites for hydroxylation is 2. The average molecular weight is 325 g/mol. The van der Waals surface area contributed by atoms with Crippen LogP contribution >= 0.6 is 0 Å². The first-order chi connectivity index (χ1) is 11.6. The molecular weight excluding hydrogens is 306 g/mol. The van der Waals surface area contributed by atoms with Crippen molar-refractivity contribution in [2.24, 2.45) is 0 Å². The molecule has 0 radical (unpaired) electrons. The number of aromatic nitrogens is 2. The molecule has 1 N–H and O–H groups in total. The van der Waals surface area contributed by atoms with Gasteiger partial charge in [0.1, 0.15) is 11.3 Å². The Bertz CT molecular complexity index is 896. The van der Waals surface area contributed by atoms with Gasteiger partial charge in [-0.15, -0.1) is 0 Å². The lowest BCUT2D eigenvalue weighted by molar-refractivity contribution is -0.00406. The van der Waals surface area contributed by atoms with Crippen LogP contribution in [0.15, 0.2) is 34.9 Å². The number of fused-ring (bicyclic) bond motifs is 1. The highest BCUT2D eigenvalue weighted by atomic mass is 16.5. The number of hydrogen-bond donors (Lipinski definition) is 1. The molecule has 1 unspecified atom stereocenters. The summed E-state index contributed by atoms with van der Waals surface area (Å²) < 4.78 is 11.2. The zero-order valence-corrected chi connectivity index (χ0v) is 13.7. The third-order valence-corrected chi connectivity index (χ3v) is 4.48. The molecule has 1 atom stereocenters. The van der Waals surface area contributed by atoms with Crippen molar-refractivity contribution in [1.29, 1.82) is 0 Å². The van der Waals surface area contributed by atoms with Crippen molar-refractivity contribution >= 4 is 16.9 Å². The quantitative estimate of drug-likeness (QED) is 0.786. The largest absolute Gasteiger partial charge is 0.461 e. The SMILES string of the molecule is Cc1cc2cc(C(=O)N3CCOCC3c3[nH]ncc3C)ccc2o1. The van der Waals surface area contributed by atoms with E-state index in [0.717, 1.165) is 28.0 Å². The molecule has 2 aromatic heterocycles. The van der Waals surface area contributed by atoms with Gasteiger partial charge in [-0.25, -0.2) is 0 Å². The Morgan fingerprint density at radius 2 is 2.21 bits per heavy atom. The number of furan rings is 1. The minimum atomic E-state index is -0.143. The van der Waals surface area contributed by atoms with E-state index in [2.05, 4.69) is 10.2 Å². The fourth-order valence-corrected chi connectivity index (χ4v) is 3.25. The first-order valence-corrected chi connectivity index (χ1v) is 8.02. The van der Waals surface area contributed by atoms with Gasteiger partial charge in [0.05, 0.1) is 31.1 Å². The topological polar surface area (TPSA) is 71.4 Å². The Morgan fingerprint density at radius 1 is 1.33 bits per heavy atom. The van der Waals surface area contributed by atoms with E-state index >= 15 is 0 Å². The van der Waals surface area contributed by atoms with Gasteiger partial charge in [0.15, 0.2) is 0 Å². The van der Waals surface area contributed by atoms with Crippen LogP contribution in [0.3, 0.4) is 0 Å². The van der Waals surface area contributed by atoms with Gasteiger partial charge < -0.3 is 14.1 Å². The fraction of sp³-hybridized carbons (Fsp3) is 0.333. The zero-order valence-electron chi connectivity index (χ0n) is 13.7. The van der Waals surface area contributed by atoms with Gasteiger partial charge in [0.25, 0.3) is 5.91 Å². The van der Waals surface area contributed by atoms with Crippen LogP contribution in [0.25, 0.3) is 11.0 Å². The summed E-state index contributed by atoms with van der Waals surface area (Å²) in [5.41, 5.74) is 3.42. The molecule has 1 saturated heterocycles. The second-order valence-electron chi connectivity index (χ2n) is 6.17. The van der Waals surface area contributed by atoms with E-state index in [1.165, 1.54) is 0 Å². The minimum absolute atomic E-state index is 0.00180. The average Bonchev–Trinajstić information content (AvgIpc) is 3.17. The maximum absolute atomic E-state index is 13.1. The molecule has 1 aromatic carbocycles. The van der Waals surface area contributed by atoms with Crippen molar-refractivity contribution in [3.05, 3.63) is 53.0 Å². The molecule has 1 amide bonds. The lowest BCUT2D eigenvalue weighted by atomic mass is 10.1. The van der Waals surface area contributed by atoms with Crippen LogP contribution in [0.2, 0.25) is 0 Å². The number of carbonyl (C=O) groups is 1. The van der Waals surface area contributed by atoms with E-state index in [1.54, 1.807) is 6.20 Å². The number of aromatic amines is 1. The minimum Gasteiger partial charge on any atom is -0.461 e. The lowest BCUT2D eigenvalue weighted by Crippen LogP contribution is -2.43. The van der Waals surface area contributed by atoms with Crippen molar-refractivity contribution in [3.63, 3.8) is 0 Å². The molecule has 124 valence electrons. The Hall–Kier alpha value is -2.60. The van der Waals surface area contributed by atoms with Gasteiger partial charge in [-0.2, -0.15) is 5.10 Å². The molecular formula is C18H19N3O3. The number of ether oxygens (including phenoxy) is 1. The van der Waals surface area contributed by atoms with Crippen molar-refractivity contribution in [2.75, 3.05) is 19.8 Å². The van der Waals surface area contributed by atoms with Crippen LogP contribution in [0.4, 0.5) is 0 Å². The highest BCUT2D eigenvalue weighted by Crippen LogP contribution is 2.28. The molecule has 6 nitrogen and oxygen atoms in total. The Balaban J connectivity index is 1.68. The number of hydrogen-bond acceptors (Lipinski definition) is 4. The summed E-state index contributed by atoms with van der Waals surface area (Å²) in [5, 5.41) is 8.03. The molecule has 0 saturated carbocycles. The van der Waals surface area contributed by atoms with Crippen LogP contribution in [-0.2, 0) is 4.74 Å². The predicted molar refractivity (Wildman–Crippen MR) is 88.9 cm³/mol. The van der Waals surface area contributed by atoms with Gasteiger partial charge in [0, 0.05) is 17.5 Å². The molecule has 1 aliphatic heterocycles. The molecule has 3 heterocycles. The number of carbonyl (C=O) groups excluding carboxylic acids is 1. The van der Waals surface area contributed by atoms with Crippen molar-refractivity contribution in [1.82, 2.24) is 15.1 Å². The smallest absolute Gasteiger partial charge is 0.254 e. The third kappa shape index (κ3) is 2.49. The van der Waals surface area contributed by atoms with Gasteiger partial charge in [-0.1, -0.05) is 0 Å². The van der Waals surface area contributed by atoms with E-state index in [1.807, 2.05) is 43.0 Å². The van der Waals surface area contributed by atoms with Gasteiger partial charge >= 0.3 is 0 Å². The fourth-order valence-electron chi connectivity index (χ4n) is 3.25. The Kier molecular flexibility index (Phi) is 3.61. The second-order valence-corrected chi connectivity index (χ2v) is 6.17. The van der Waals surface area contributed by atoms with Crippen LogP contribution in [-0.4, -0.2) is 40.8 Å². The molecule has 4 rings (SSSR count). The molecule has 0 bridgehead atoms. The molecule has 0 aliphatic carbocycles. The molecule has 6 heteroatoms. The van der Waals surface area contributed by atoms with Crippen LogP contribution in [0.1, 0.15) is 33.4 Å². The summed E-state index contributed by atoms with van der Waals surface area (Å²) in [6, 6.07) is 7.37. The first-order valence-electron chi connectivity index (χ1n) is 8.02. The molecule has 0 spiro atoms. The van der Waals surface area contributed by atoms with Gasteiger partial charge in [-0.05, 0) is 43.7 Å². The van der Waals surface area contributed by atoms with E-state index in [-0.39, 0.29) is 11.9 Å². The predicted octanol–water partition coefficient (Wildman–Crippen LogP) is 2.99. The van der Waals surface area contributed by atoms with Gasteiger partial charge in [-0.3, -0.25) is 9.89 Å². The summed E-state index contributed by atoms with van der Waals surface area (Å²) in [7, 11) is 0. The lowest BCUT2D eigenvalue weighted by Gasteiger charge is -2.35. The third-order valence-electron chi connectivity index (χ3n) is 4.48. The van der Waals surface area contributed by atoms with E-state index in [9.17, 15) is 4.79 Å². The number of nitrogens with zero attached hydrogens (tertiary/aromatic N) is 2. The summed E-state index contributed by atoms with van der Waals surface area (Å²) >= 11 is 0. The number of H-pyrrole nitrogens is 1. The maximum atomic E-state index is 13.1. The van der Waals surface area contributed by atoms with Crippen LogP contribution < -0.4 is 0 Å². The maximum Gasteiger partial charge on any atom is 0.254 e. The van der Waals surface area contributed by atoms with E-state index < -0.39 is 0 Å². The van der Waals surface area contributed by atoms with E-state index in [0.29, 0.717) is 25.3 Å². The number of amides is 1. The number of morpholine rings is 1. The van der Waals surface area contributed by atoms with Crippen molar-refractivity contribution in [3.8, 4) is 0 Å². The highest BCUT2D eigenvalue weighted by molar-refractivity contribution is 5.98. The summed E-state index contributed by atoms with van der Waals surface area (Å²) in [6.07, 6.45) is 1.77. The van der Waals surface area contributed by atoms with E-state index in [4.69, 9.17) is 9.15 Å². The van der Waals surface area contributed by atoms with Crippen LogP contribution in [0, 0.1) is 13.8 Å². The number of rotatable bonds is 2. The molecule has 3 aromatic rings. The van der Waals surface area contributed by atoms with Crippen molar-refractivity contribution in [2.45, 2.75) is 19.9 Å². The summed E-state index contributed by atoms with van der Waals surface area (Å²) in [5.74, 6) is 0.838. The Morgan fingerprint density at radius 3 is 3.00 bits per heavy atom.